The summed E-state index contributed by atoms with van der Waals surface area (Å²) >= 11 is 6.07. The van der Waals surface area contributed by atoms with Crippen molar-refractivity contribution in [2.45, 2.75) is 19.1 Å². The number of nitrogens with one attached hydrogen (secondary N) is 1. The first kappa shape index (κ1) is 15.8. The Morgan fingerprint density at radius 1 is 1.10 bits per heavy atom. The molecule has 1 atom stereocenters. The average Bonchev–Trinajstić information content (AvgIpc) is 2.44. The summed E-state index contributed by atoms with van der Waals surface area (Å²) in [7, 11) is 0. The molecule has 0 bridgehead atoms. The minimum atomic E-state index is -4.35. The van der Waals surface area contributed by atoms with Crippen molar-refractivity contribution in [1.82, 2.24) is 5.43 Å². The van der Waals surface area contributed by atoms with Crippen LogP contribution in [0.2, 0.25) is 5.02 Å². The summed E-state index contributed by atoms with van der Waals surface area (Å²) in [5, 5.41) is 0.583. The Balaban J connectivity index is 2.40. The van der Waals surface area contributed by atoms with Crippen molar-refractivity contribution in [2.75, 3.05) is 0 Å². The predicted octanol–water partition coefficient (Wildman–Crippen LogP) is 4.22. The maximum absolute atomic E-state index is 12.6. The molecule has 6 heteroatoms. The fourth-order valence-corrected chi connectivity index (χ4v) is 2.35. The van der Waals surface area contributed by atoms with Gasteiger partial charge in [0.15, 0.2) is 0 Å². The largest absolute Gasteiger partial charge is 0.416 e. The van der Waals surface area contributed by atoms with Crippen LogP contribution in [0.4, 0.5) is 13.2 Å². The fraction of sp³-hybridized carbons (Fsp3) is 0.200. The summed E-state index contributed by atoms with van der Waals surface area (Å²) in [5.41, 5.74) is 4.23. The molecule has 0 radical (unpaired) electrons. The van der Waals surface area contributed by atoms with E-state index in [1.54, 1.807) is 12.1 Å². The van der Waals surface area contributed by atoms with Gasteiger partial charge in [-0.3, -0.25) is 5.84 Å². The highest BCUT2D eigenvalue weighted by molar-refractivity contribution is 6.31. The number of halogens is 4. The third-order valence-corrected chi connectivity index (χ3v) is 3.77. The van der Waals surface area contributed by atoms with E-state index >= 15 is 0 Å². The first-order valence-corrected chi connectivity index (χ1v) is 6.60. The summed E-state index contributed by atoms with van der Waals surface area (Å²) in [5.74, 6) is 5.56. The van der Waals surface area contributed by atoms with Crippen LogP contribution in [-0.4, -0.2) is 0 Å². The van der Waals surface area contributed by atoms with Gasteiger partial charge in [0.2, 0.25) is 0 Å². The smallest absolute Gasteiger partial charge is 0.271 e. The van der Waals surface area contributed by atoms with E-state index in [4.69, 9.17) is 17.4 Å². The maximum Gasteiger partial charge on any atom is 0.416 e. The zero-order valence-electron chi connectivity index (χ0n) is 11.2. The summed E-state index contributed by atoms with van der Waals surface area (Å²) in [6.45, 7) is 1.84. The third kappa shape index (κ3) is 3.37. The summed E-state index contributed by atoms with van der Waals surface area (Å²) in [6.07, 6.45) is -4.35. The zero-order chi connectivity index (χ0) is 15.6. The number of hydrogen-bond donors (Lipinski definition) is 2. The summed E-state index contributed by atoms with van der Waals surface area (Å²) in [6, 6.07) is 9.84. The van der Waals surface area contributed by atoms with Crippen molar-refractivity contribution in [2.24, 2.45) is 5.84 Å². The van der Waals surface area contributed by atoms with Crippen LogP contribution in [-0.2, 0) is 6.18 Å². The van der Waals surface area contributed by atoms with E-state index in [0.29, 0.717) is 10.6 Å². The Bertz CT molecular complexity index is 624. The second-order valence-corrected chi connectivity index (χ2v) is 5.08. The minimum absolute atomic E-state index is 0.425. The van der Waals surface area contributed by atoms with Gasteiger partial charge in [0.1, 0.15) is 0 Å². The molecule has 0 aliphatic carbocycles. The first-order chi connectivity index (χ1) is 9.84. The Hall–Kier alpha value is -1.56. The van der Waals surface area contributed by atoms with Crippen LogP contribution in [0, 0.1) is 6.92 Å². The van der Waals surface area contributed by atoms with Crippen LogP contribution in [0.5, 0.6) is 0 Å². The maximum atomic E-state index is 12.6. The Kier molecular flexibility index (Phi) is 4.56. The third-order valence-electron chi connectivity index (χ3n) is 3.36. The van der Waals surface area contributed by atoms with Gasteiger partial charge in [-0.25, -0.2) is 5.43 Å². The molecule has 112 valence electrons. The van der Waals surface area contributed by atoms with Crippen LogP contribution in [0.3, 0.4) is 0 Å². The van der Waals surface area contributed by atoms with Gasteiger partial charge in [-0.2, -0.15) is 13.2 Å². The number of nitrogens with two attached hydrogens (primary N) is 1. The Morgan fingerprint density at radius 2 is 1.71 bits per heavy atom. The van der Waals surface area contributed by atoms with Crippen molar-refractivity contribution in [3.63, 3.8) is 0 Å². The molecular weight excluding hydrogens is 301 g/mol. The van der Waals surface area contributed by atoms with Crippen molar-refractivity contribution in [1.29, 1.82) is 0 Å². The molecule has 21 heavy (non-hydrogen) atoms. The quantitative estimate of drug-likeness (QED) is 0.657. The highest BCUT2D eigenvalue weighted by Crippen LogP contribution is 2.32. The molecule has 0 aliphatic rings. The van der Waals surface area contributed by atoms with Crippen LogP contribution >= 0.6 is 11.6 Å². The number of hydrazine groups is 1. The van der Waals surface area contributed by atoms with E-state index in [1.165, 1.54) is 12.1 Å². The van der Waals surface area contributed by atoms with E-state index in [2.05, 4.69) is 5.43 Å². The minimum Gasteiger partial charge on any atom is -0.271 e. The highest BCUT2D eigenvalue weighted by atomic mass is 35.5. The molecule has 0 spiro atoms. The number of rotatable bonds is 3. The molecule has 3 N–H and O–H groups in total. The molecule has 2 nitrogen and oxygen atoms in total. The Labute approximate surface area is 125 Å². The molecule has 0 fully saturated rings. The van der Waals surface area contributed by atoms with Crippen LogP contribution in [0.25, 0.3) is 0 Å². The molecule has 2 rings (SSSR count). The van der Waals surface area contributed by atoms with Crippen molar-refractivity contribution >= 4 is 11.6 Å². The van der Waals surface area contributed by atoms with Gasteiger partial charge in [0, 0.05) is 5.02 Å². The van der Waals surface area contributed by atoms with E-state index in [1.807, 2.05) is 13.0 Å². The second kappa shape index (κ2) is 6.05. The lowest BCUT2D eigenvalue weighted by molar-refractivity contribution is -0.137. The predicted molar refractivity (Wildman–Crippen MR) is 76.8 cm³/mol. The molecule has 1 unspecified atom stereocenters. The summed E-state index contributed by atoms with van der Waals surface area (Å²) < 4.78 is 37.8. The lowest BCUT2D eigenvalue weighted by Crippen LogP contribution is -2.29. The number of benzene rings is 2. The average molecular weight is 315 g/mol. The van der Waals surface area contributed by atoms with Gasteiger partial charge >= 0.3 is 6.18 Å². The van der Waals surface area contributed by atoms with Gasteiger partial charge in [0.25, 0.3) is 0 Å². The van der Waals surface area contributed by atoms with Gasteiger partial charge in [0.05, 0.1) is 11.6 Å². The topological polar surface area (TPSA) is 38.0 Å². The second-order valence-electron chi connectivity index (χ2n) is 4.67. The van der Waals surface area contributed by atoms with Gasteiger partial charge < -0.3 is 0 Å². The van der Waals surface area contributed by atoms with Crippen molar-refractivity contribution < 1.29 is 13.2 Å². The highest BCUT2D eigenvalue weighted by Gasteiger charge is 2.30. The van der Waals surface area contributed by atoms with Crippen molar-refractivity contribution in [3.05, 3.63) is 69.7 Å². The molecule has 2 aromatic rings. The molecule has 0 aromatic heterocycles. The van der Waals surface area contributed by atoms with Crippen LogP contribution in [0.15, 0.2) is 42.5 Å². The molecular formula is C15H14ClF3N2. The first-order valence-electron chi connectivity index (χ1n) is 6.23. The molecule has 0 aliphatic heterocycles. The van der Waals surface area contributed by atoms with Gasteiger partial charge in [-0.15, -0.1) is 0 Å². The van der Waals surface area contributed by atoms with E-state index in [9.17, 15) is 13.2 Å². The lowest BCUT2D eigenvalue weighted by Gasteiger charge is -2.20. The molecule has 0 saturated carbocycles. The van der Waals surface area contributed by atoms with Crippen LogP contribution in [0.1, 0.15) is 28.3 Å². The fourth-order valence-electron chi connectivity index (χ4n) is 2.17. The number of hydrogen-bond acceptors (Lipinski definition) is 2. The zero-order valence-corrected chi connectivity index (χ0v) is 12.0. The normalized spacial score (nSPS) is 13.2. The molecule has 2 aromatic carbocycles. The van der Waals surface area contributed by atoms with E-state index in [-0.39, 0.29) is 0 Å². The van der Waals surface area contributed by atoms with E-state index < -0.39 is 17.8 Å². The molecule has 0 saturated heterocycles. The SMILES string of the molecule is Cc1c(Cl)cccc1C(NN)c1ccc(C(F)(F)F)cc1. The summed E-state index contributed by atoms with van der Waals surface area (Å²) in [4.78, 5) is 0. The Morgan fingerprint density at radius 3 is 2.24 bits per heavy atom. The standard InChI is InChI=1S/C15H14ClF3N2/c1-9-12(3-2-4-13(9)16)14(21-20)10-5-7-11(8-6-10)15(17,18)19/h2-8,14,21H,20H2,1H3. The number of alkyl halides is 3. The van der Waals surface area contributed by atoms with Gasteiger partial charge in [-0.05, 0) is 41.8 Å². The molecule has 0 amide bonds. The molecule has 0 heterocycles. The van der Waals surface area contributed by atoms with E-state index in [0.717, 1.165) is 23.3 Å². The lowest BCUT2D eigenvalue weighted by atomic mass is 9.95. The van der Waals surface area contributed by atoms with Crippen LogP contribution < -0.4 is 11.3 Å². The monoisotopic (exact) mass is 314 g/mol. The van der Waals surface area contributed by atoms with Gasteiger partial charge in [-0.1, -0.05) is 35.9 Å². The van der Waals surface area contributed by atoms with Crippen molar-refractivity contribution in [3.8, 4) is 0 Å².